The molecular weight excluding hydrogens is 432 g/mol. The summed E-state index contributed by atoms with van der Waals surface area (Å²) in [6, 6.07) is 12.1. The molecule has 4 rings (SSSR count). The van der Waals surface area contributed by atoms with Crippen molar-refractivity contribution in [2.24, 2.45) is 0 Å². The maximum Gasteiger partial charge on any atom is 0.223 e. The van der Waals surface area contributed by atoms with Crippen LogP contribution in [0.4, 0.5) is 5.69 Å². The van der Waals surface area contributed by atoms with Gasteiger partial charge in [-0.25, -0.2) is 0 Å². The van der Waals surface area contributed by atoms with Gasteiger partial charge in [0, 0.05) is 34.1 Å². The fraction of sp³-hybridized carbons (Fsp3) is 0.348. The third-order valence-electron chi connectivity index (χ3n) is 6.13. The number of anilines is 1. The molecule has 0 radical (unpaired) electrons. The molecule has 0 spiro atoms. The quantitative estimate of drug-likeness (QED) is 0.735. The molecule has 0 aliphatic carbocycles. The van der Waals surface area contributed by atoms with Crippen molar-refractivity contribution in [3.8, 4) is 11.5 Å². The van der Waals surface area contributed by atoms with E-state index < -0.39 is 5.66 Å². The van der Waals surface area contributed by atoms with Gasteiger partial charge >= 0.3 is 0 Å². The summed E-state index contributed by atoms with van der Waals surface area (Å²) in [5, 5.41) is 3.30. The largest absolute Gasteiger partial charge is 0.493 e. The van der Waals surface area contributed by atoms with Gasteiger partial charge in [-0.1, -0.05) is 48.0 Å². The molecule has 2 aliphatic rings. The molecule has 6 heteroatoms. The Hall–Kier alpha value is -2.47. The zero-order valence-corrected chi connectivity index (χ0v) is 18.7. The van der Waals surface area contributed by atoms with E-state index in [2.05, 4.69) is 64.3 Å². The predicted molar refractivity (Wildman–Crippen MR) is 119 cm³/mol. The van der Waals surface area contributed by atoms with Crippen molar-refractivity contribution < 1.29 is 14.3 Å². The molecule has 5 nitrogen and oxygen atoms in total. The molecular formula is C23H25BrN2O3. The van der Waals surface area contributed by atoms with E-state index in [9.17, 15) is 4.79 Å². The number of benzene rings is 2. The Morgan fingerprint density at radius 1 is 1.17 bits per heavy atom. The summed E-state index contributed by atoms with van der Waals surface area (Å²) in [7, 11) is 3.26. The van der Waals surface area contributed by atoms with E-state index in [4.69, 9.17) is 9.47 Å². The summed E-state index contributed by atoms with van der Waals surface area (Å²) in [4.78, 5) is 14.8. The van der Waals surface area contributed by atoms with Crippen LogP contribution in [0.2, 0.25) is 0 Å². The zero-order valence-electron chi connectivity index (χ0n) is 17.1. The molecule has 0 aromatic heterocycles. The average molecular weight is 457 g/mol. The molecule has 1 atom stereocenters. The summed E-state index contributed by atoms with van der Waals surface area (Å²) < 4.78 is 12.0. The molecule has 1 saturated heterocycles. The first-order chi connectivity index (χ1) is 13.8. The number of nitrogens with one attached hydrogen (secondary N) is 1. The summed E-state index contributed by atoms with van der Waals surface area (Å²) in [6.07, 6.45) is 4.58. The van der Waals surface area contributed by atoms with Gasteiger partial charge in [0.1, 0.15) is 5.66 Å². The van der Waals surface area contributed by atoms with Gasteiger partial charge < -0.3 is 19.7 Å². The zero-order chi connectivity index (χ0) is 20.8. The van der Waals surface area contributed by atoms with Crippen LogP contribution in [-0.2, 0) is 10.2 Å². The van der Waals surface area contributed by atoms with Crippen molar-refractivity contribution in [3.63, 3.8) is 0 Å². The molecule has 2 aliphatic heterocycles. The Labute approximate surface area is 179 Å². The van der Waals surface area contributed by atoms with Crippen LogP contribution < -0.4 is 19.7 Å². The molecule has 0 bridgehead atoms. The Morgan fingerprint density at radius 3 is 2.69 bits per heavy atom. The van der Waals surface area contributed by atoms with Crippen LogP contribution >= 0.6 is 15.9 Å². The number of carbonyl (C=O) groups is 1. The van der Waals surface area contributed by atoms with Crippen molar-refractivity contribution >= 4 is 33.6 Å². The molecule has 0 saturated carbocycles. The summed E-state index contributed by atoms with van der Waals surface area (Å²) in [6.45, 7) is 5.03. The minimum Gasteiger partial charge on any atom is -0.493 e. The number of nitrogens with zero attached hydrogens (tertiary/aromatic N) is 1. The lowest BCUT2D eigenvalue weighted by molar-refractivity contribution is -0.124. The number of para-hydroxylation sites is 1. The van der Waals surface area contributed by atoms with Gasteiger partial charge in [0.2, 0.25) is 5.91 Å². The van der Waals surface area contributed by atoms with Crippen LogP contribution in [0.5, 0.6) is 11.5 Å². The monoisotopic (exact) mass is 456 g/mol. The van der Waals surface area contributed by atoms with Crippen LogP contribution in [0.1, 0.15) is 31.4 Å². The topological polar surface area (TPSA) is 50.8 Å². The number of methoxy groups -OCH3 is 2. The third-order valence-corrected chi connectivity index (χ3v) is 6.62. The number of fused-ring (bicyclic) bond motifs is 3. The van der Waals surface area contributed by atoms with E-state index in [1.807, 2.05) is 24.3 Å². The van der Waals surface area contributed by atoms with Gasteiger partial charge in [0.05, 0.1) is 14.2 Å². The number of carbonyl (C=O) groups excluding carboxylic acids is 1. The normalized spacial score (nSPS) is 22.2. The maximum absolute atomic E-state index is 12.5. The van der Waals surface area contributed by atoms with E-state index in [0.29, 0.717) is 24.5 Å². The van der Waals surface area contributed by atoms with Gasteiger partial charge in [-0.2, -0.15) is 0 Å². The van der Waals surface area contributed by atoms with E-state index in [1.54, 1.807) is 14.2 Å². The van der Waals surface area contributed by atoms with E-state index in [1.165, 1.54) is 5.56 Å². The minimum absolute atomic E-state index is 0.0588. The fourth-order valence-electron chi connectivity index (χ4n) is 4.58. The highest BCUT2D eigenvalue weighted by atomic mass is 79.9. The highest BCUT2D eigenvalue weighted by Gasteiger charge is 2.57. The second-order valence-corrected chi connectivity index (χ2v) is 8.83. The van der Waals surface area contributed by atoms with Crippen LogP contribution in [-0.4, -0.2) is 32.3 Å². The highest BCUT2D eigenvalue weighted by molar-refractivity contribution is 9.10. The van der Waals surface area contributed by atoms with Gasteiger partial charge in [-0.3, -0.25) is 4.79 Å². The lowest BCUT2D eigenvalue weighted by atomic mass is 9.74. The molecule has 2 aromatic rings. The first kappa shape index (κ1) is 19.8. The molecule has 2 aromatic carbocycles. The van der Waals surface area contributed by atoms with Crippen molar-refractivity contribution in [1.82, 2.24) is 5.32 Å². The van der Waals surface area contributed by atoms with Gasteiger partial charge in [-0.15, -0.1) is 0 Å². The van der Waals surface area contributed by atoms with Crippen molar-refractivity contribution in [3.05, 3.63) is 58.1 Å². The molecule has 1 amide bonds. The number of hydrogen-bond acceptors (Lipinski definition) is 4. The molecule has 152 valence electrons. The third kappa shape index (κ3) is 2.92. The standard InChI is InChI=1S/C23H25BrN2O3/c1-22(2)17-14-16(24)8-9-18(17)26-13-11-20(27)25-23(22,26)12-10-15-6-5-7-19(28-3)21(15)29-4/h5-10,12,14H,11,13H2,1-4H3,(H,25,27)/b12-10+/t23-/m1/s1. The SMILES string of the molecule is COc1cccc(/C=C/[C@@]23NC(=O)CCN2c2ccc(Br)cc2C3(C)C)c1OC. The fourth-order valence-corrected chi connectivity index (χ4v) is 4.94. The van der Waals surface area contributed by atoms with Gasteiger partial charge in [0.25, 0.3) is 0 Å². The van der Waals surface area contributed by atoms with E-state index in [-0.39, 0.29) is 11.3 Å². The molecule has 1 N–H and O–H groups in total. The van der Waals surface area contributed by atoms with E-state index >= 15 is 0 Å². The Morgan fingerprint density at radius 2 is 1.97 bits per heavy atom. The van der Waals surface area contributed by atoms with Gasteiger partial charge in [0.15, 0.2) is 11.5 Å². The first-order valence-electron chi connectivity index (χ1n) is 9.63. The number of hydrogen-bond donors (Lipinski definition) is 1. The smallest absolute Gasteiger partial charge is 0.223 e. The van der Waals surface area contributed by atoms with Crippen LogP contribution in [0.25, 0.3) is 6.08 Å². The molecule has 2 heterocycles. The van der Waals surface area contributed by atoms with E-state index in [0.717, 1.165) is 15.7 Å². The van der Waals surface area contributed by atoms with Crippen LogP contribution in [0.3, 0.4) is 0 Å². The van der Waals surface area contributed by atoms with Crippen molar-refractivity contribution in [2.75, 3.05) is 25.7 Å². The first-order valence-corrected chi connectivity index (χ1v) is 10.4. The minimum atomic E-state index is -0.667. The lowest BCUT2D eigenvalue weighted by Gasteiger charge is -2.49. The lowest BCUT2D eigenvalue weighted by Crippen LogP contribution is -2.68. The number of ether oxygens (including phenoxy) is 2. The Kier molecular flexibility index (Phi) is 4.85. The Balaban J connectivity index is 1.86. The summed E-state index contributed by atoms with van der Waals surface area (Å²) in [5.41, 5.74) is 2.25. The maximum atomic E-state index is 12.5. The number of amides is 1. The molecule has 0 unspecified atom stereocenters. The van der Waals surface area contributed by atoms with Crippen LogP contribution in [0, 0.1) is 0 Å². The van der Waals surface area contributed by atoms with Crippen LogP contribution in [0.15, 0.2) is 46.9 Å². The van der Waals surface area contributed by atoms with Gasteiger partial charge in [-0.05, 0) is 35.9 Å². The average Bonchev–Trinajstić information content (AvgIpc) is 2.89. The van der Waals surface area contributed by atoms with Crippen molar-refractivity contribution in [2.45, 2.75) is 31.3 Å². The highest BCUT2D eigenvalue weighted by Crippen LogP contribution is 2.53. The van der Waals surface area contributed by atoms with Crippen molar-refractivity contribution in [1.29, 1.82) is 0 Å². The predicted octanol–water partition coefficient (Wildman–Crippen LogP) is 4.49. The second kappa shape index (κ2) is 7.10. The molecule has 1 fully saturated rings. The number of rotatable bonds is 4. The Bertz CT molecular complexity index is 1000. The second-order valence-electron chi connectivity index (χ2n) is 7.92. The molecule has 29 heavy (non-hydrogen) atoms. The summed E-state index contributed by atoms with van der Waals surface area (Å²) in [5.74, 6) is 1.41. The summed E-state index contributed by atoms with van der Waals surface area (Å²) >= 11 is 3.60. The number of halogens is 1.